The van der Waals surface area contributed by atoms with Crippen molar-refractivity contribution in [2.45, 2.75) is 197 Å². The van der Waals surface area contributed by atoms with Gasteiger partial charge in [0.25, 0.3) is 0 Å². The number of hydrogen-bond donors (Lipinski definition) is 13. The topological polar surface area (TPSA) is 371 Å². The standard InChI is InChI=1S/C50H80N8O15/c1-5-27(2)21-28(3)13-10-8-6-7-9-11-15-39(65)53-34-22-32(61)25-52-46(69)35-14-12-20-57(35)50(73)41(37(63)24-38(51)64)55-48(71)42(44(67)43(66)30-16-18-31(60)19-17-30)56-47(70)36-23-33(62)26-58(36)49(72)40(29(4)59)54-45(34)68/h16-19,27-29,32-37,40-44,59-63,66-67H,5-15,20-26H2,1-4H3,(H2,51,64)(H,52,69)(H,53,65)(H,54,68)(H,55,71)(H,56,70)/t27?,28?,29-,32-,33-,34?,35?,36?,37-,40?,41?,42?,43+,44?/m1/s1. The second-order valence-electron chi connectivity index (χ2n) is 20.3. The molecule has 1 aromatic carbocycles. The van der Waals surface area contributed by atoms with E-state index in [-0.39, 0.29) is 37.1 Å². The molecule has 14 atom stereocenters. The summed E-state index contributed by atoms with van der Waals surface area (Å²) in [6.07, 6.45) is -3.62. The molecule has 3 heterocycles. The lowest BCUT2D eigenvalue weighted by atomic mass is 9.91. The Hall–Kier alpha value is -5.46. The minimum Gasteiger partial charge on any atom is -0.508 e. The smallest absolute Gasteiger partial charge is 0.248 e. The number of fused-ring (bicyclic) bond motifs is 2. The van der Waals surface area contributed by atoms with Crippen molar-refractivity contribution in [3.8, 4) is 5.75 Å². The van der Waals surface area contributed by atoms with Crippen molar-refractivity contribution in [2.75, 3.05) is 19.6 Å². The molecule has 73 heavy (non-hydrogen) atoms. The first kappa shape index (κ1) is 60.1. The summed E-state index contributed by atoms with van der Waals surface area (Å²) in [4.78, 5) is 112. The lowest BCUT2D eigenvalue weighted by Gasteiger charge is -2.34. The normalized spacial score (nSPS) is 27.4. The van der Waals surface area contributed by atoms with E-state index in [1.54, 1.807) is 0 Å². The van der Waals surface area contributed by atoms with E-state index in [4.69, 9.17) is 5.73 Å². The molecule has 14 N–H and O–H groups in total. The second kappa shape index (κ2) is 28.8. The number of rotatable bonds is 20. The number of phenolic OH excluding ortho intramolecular Hbond substituents is 1. The van der Waals surface area contributed by atoms with Crippen molar-refractivity contribution >= 4 is 47.3 Å². The summed E-state index contributed by atoms with van der Waals surface area (Å²) in [7, 11) is 0. The van der Waals surface area contributed by atoms with E-state index in [9.17, 15) is 74.1 Å². The van der Waals surface area contributed by atoms with Crippen molar-refractivity contribution in [3.63, 3.8) is 0 Å². The van der Waals surface area contributed by atoms with Gasteiger partial charge in [-0.1, -0.05) is 77.8 Å². The quantitative estimate of drug-likeness (QED) is 0.0653. The Balaban J connectivity index is 1.64. The lowest BCUT2D eigenvalue weighted by Crippen LogP contribution is -2.64. The lowest BCUT2D eigenvalue weighted by molar-refractivity contribution is -0.147. The maximum Gasteiger partial charge on any atom is 0.248 e. The zero-order valence-electron chi connectivity index (χ0n) is 42.5. The Kier molecular flexibility index (Phi) is 23.7. The molecular weight excluding hydrogens is 953 g/mol. The number of aliphatic hydroxyl groups excluding tert-OH is 6. The van der Waals surface area contributed by atoms with Crippen LogP contribution in [0.25, 0.3) is 0 Å². The van der Waals surface area contributed by atoms with E-state index in [1.165, 1.54) is 18.6 Å². The molecule has 3 saturated heterocycles. The Bertz CT molecular complexity index is 2030. The van der Waals surface area contributed by atoms with Crippen LogP contribution >= 0.6 is 0 Å². The van der Waals surface area contributed by atoms with Crippen molar-refractivity contribution in [1.82, 2.24) is 36.4 Å². The Morgan fingerprint density at radius 1 is 0.740 bits per heavy atom. The summed E-state index contributed by atoms with van der Waals surface area (Å²) in [5.41, 5.74) is 5.29. The largest absolute Gasteiger partial charge is 0.508 e. The van der Waals surface area contributed by atoms with E-state index in [1.807, 2.05) is 0 Å². The predicted molar refractivity (Wildman–Crippen MR) is 263 cm³/mol. The van der Waals surface area contributed by atoms with Gasteiger partial charge in [-0.25, -0.2) is 0 Å². The third kappa shape index (κ3) is 17.9. The minimum atomic E-state index is -2.29. The first-order valence-electron chi connectivity index (χ1n) is 25.8. The average Bonchev–Trinajstić information content (AvgIpc) is 4.00. The third-order valence-corrected chi connectivity index (χ3v) is 14.1. The van der Waals surface area contributed by atoms with Gasteiger partial charge >= 0.3 is 0 Å². The summed E-state index contributed by atoms with van der Waals surface area (Å²) >= 11 is 0. The maximum absolute atomic E-state index is 14.3. The third-order valence-electron chi connectivity index (χ3n) is 14.1. The van der Waals surface area contributed by atoms with E-state index in [0.717, 1.165) is 73.8 Å². The number of carbonyl (C=O) groups excluding carboxylic acids is 8. The number of β-amino-alcohol motifs (C(OH)–C–C–N with tert-alkyl or cyclic N) is 1. The highest BCUT2D eigenvalue weighted by Gasteiger charge is 2.47. The Morgan fingerprint density at radius 3 is 2.00 bits per heavy atom. The molecule has 8 amide bonds. The number of amides is 8. The molecule has 0 bridgehead atoms. The molecule has 0 aromatic heterocycles. The Morgan fingerprint density at radius 2 is 1.36 bits per heavy atom. The number of primary amides is 1. The van der Waals surface area contributed by atoms with E-state index in [0.29, 0.717) is 18.3 Å². The highest BCUT2D eigenvalue weighted by atomic mass is 16.3. The van der Waals surface area contributed by atoms with E-state index < -0.39 is 152 Å². The number of aromatic hydroxyl groups is 1. The zero-order chi connectivity index (χ0) is 54.1. The van der Waals surface area contributed by atoms with Crippen LogP contribution in [0, 0.1) is 11.8 Å². The van der Waals surface area contributed by atoms with Gasteiger partial charge in [0.1, 0.15) is 54.2 Å². The van der Waals surface area contributed by atoms with Gasteiger partial charge in [-0.2, -0.15) is 0 Å². The highest BCUT2D eigenvalue weighted by Crippen LogP contribution is 2.26. The number of nitrogens with zero attached hydrogens (tertiary/aromatic N) is 2. The SMILES string of the molecule is CCC(C)CC(C)CCCCCCCCC(=O)NC1C[C@@H](O)CNC(=O)C2CCCN2C(=O)C([C@H](O)CC(N)=O)NC(=O)C(C(O)[C@@H](O)c2ccc(O)cc2)NC(=O)C2C[C@@H](O)CN2C(=O)C([C@@H](C)O)NC1=O. The Labute approximate surface area is 426 Å². The number of hydrogen-bond acceptors (Lipinski definition) is 15. The summed E-state index contributed by atoms with van der Waals surface area (Å²) in [6, 6.07) is -5.89. The molecule has 410 valence electrons. The monoisotopic (exact) mass is 1030 g/mol. The van der Waals surface area contributed by atoms with Gasteiger partial charge in [0, 0.05) is 38.9 Å². The van der Waals surface area contributed by atoms with Crippen molar-refractivity contribution < 1.29 is 74.1 Å². The fraction of sp³-hybridized carbons (Fsp3) is 0.720. The van der Waals surface area contributed by atoms with Gasteiger partial charge in [-0.05, 0) is 62.1 Å². The molecule has 3 aliphatic heterocycles. The van der Waals surface area contributed by atoms with Crippen molar-refractivity contribution in [2.24, 2.45) is 17.6 Å². The molecule has 9 unspecified atom stereocenters. The van der Waals surface area contributed by atoms with E-state index >= 15 is 0 Å². The van der Waals surface area contributed by atoms with Crippen LogP contribution in [0.3, 0.4) is 0 Å². The number of nitrogens with one attached hydrogen (secondary N) is 5. The molecule has 23 nitrogen and oxygen atoms in total. The van der Waals surface area contributed by atoms with Crippen LogP contribution in [0.1, 0.15) is 136 Å². The molecule has 4 rings (SSSR count). The van der Waals surface area contributed by atoms with Gasteiger partial charge in [0.2, 0.25) is 47.3 Å². The summed E-state index contributed by atoms with van der Waals surface area (Å²) < 4.78 is 0. The zero-order valence-corrected chi connectivity index (χ0v) is 42.5. The number of benzene rings is 1. The molecule has 3 fully saturated rings. The molecule has 23 heteroatoms. The second-order valence-corrected chi connectivity index (χ2v) is 20.3. The summed E-state index contributed by atoms with van der Waals surface area (Å²) in [5.74, 6) is -7.15. The highest BCUT2D eigenvalue weighted by molar-refractivity contribution is 5.98. The van der Waals surface area contributed by atoms with Gasteiger partial charge < -0.3 is 77.9 Å². The van der Waals surface area contributed by atoms with Crippen molar-refractivity contribution in [1.29, 1.82) is 0 Å². The minimum absolute atomic E-state index is 0.0173. The molecule has 0 aliphatic carbocycles. The number of unbranched alkanes of at least 4 members (excludes halogenated alkanes) is 5. The fourth-order valence-corrected chi connectivity index (χ4v) is 9.75. The van der Waals surface area contributed by atoms with Gasteiger partial charge in [-0.3, -0.25) is 38.4 Å². The first-order valence-corrected chi connectivity index (χ1v) is 25.8. The van der Waals surface area contributed by atoms with Gasteiger partial charge in [0.15, 0.2) is 0 Å². The van der Waals surface area contributed by atoms with Gasteiger partial charge in [-0.15, -0.1) is 0 Å². The molecule has 1 aromatic rings. The summed E-state index contributed by atoms with van der Waals surface area (Å²) in [6.45, 7) is 6.77. The predicted octanol–water partition coefficient (Wildman–Crippen LogP) is -1.63. The first-order chi connectivity index (χ1) is 34.5. The van der Waals surface area contributed by atoms with Crippen LogP contribution in [-0.2, 0) is 38.4 Å². The molecule has 3 aliphatic rings. The fourth-order valence-electron chi connectivity index (χ4n) is 9.75. The number of nitrogens with two attached hydrogens (primary N) is 1. The number of phenols is 1. The van der Waals surface area contributed by atoms with Crippen LogP contribution in [0.15, 0.2) is 24.3 Å². The van der Waals surface area contributed by atoms with Gasteiger partial charge in [0.05, 0.1) is 30.8 Å². The number of aliphatic hydroxyl groups is 6. The van der Waals surface area contributed by atoms with Crippen LogP contribution in [0.4, 0.5) is 0 Å². The van der Waals surface area contributed by atoms with Crippen LogP contribution in [-0.4, -0.2) is 179 Å². The van der Waals surface area contributed by atoms with Crippen LogP contribution < -0.4 is 32.3 Å². The van der Waals surface area contributed by atoms with Crippen LogP contribution in [0.5, 0.6) is 5.75 Å². The van der Waals surface area contributed by atoms with Crippen LogP contribution in [0.2, 0.25) is 0 Å². The molecule has 0 saturated carbocycles. The average molecular weight is 1030 g/mol. The summed E-state index contributed by atoms with van der Waals surface area (Å²) in [5, 5.41) is 89.0. The molecular formula is C50H80N8O15. The van der Waals surface area contributed by atoms with E-state index in [2.05, 4.69) is 47.4 Å². The maximum atomic E-state index is 14.3. The van der Waals surface area contributed by atoms with Crippen molar-refractivity contribution in [3.05, 3.63) is 29.8 Å². The number of carbonyl (C=O) groups is 8. The molecule has 0 spiro atoms. The molecule has 0 radical (unpaired) electrons.